The van der Waals surface area contributed by atoms with Crippen LogP contribution in [0.4, 0.5) is 0 Å². The van der Waals surface area contributed by atoms with Crippen molar-refractivity contribution in [1.82, 2.24) is 9.80 Å². The first-order valence-electron chi connectivity index (χ1n) is 7.17. The minimum absolute atomic E-state index is 0.353. The van der Waals surface area contributed by atoms with Gasteiger partial charge in [-0.25, -0.2) is 0 Å². The van der Waals surface area contributed by atoms with Gasteiger partial charge in [0.25, 0.3) is 0 Å². The second-order valence-corrected chi connectivity index (χ2v) is 6.32. The molecule has 0 atom stereocenters. The Morgan fingerprint density at radius 3 is 1.88 bits per heavy atom. The van der Waals surface area contributed by atoms with Crippen LogP contribution in [0.1, 0.15) is 32.1 Å². The zero-order valence-electron chi connectivity index (χ0n) is 11.8. The van der Waals surface area contributed by atoms with Crippen molar-refractivity contribution < 1.29 is 0 Å². The van der Waals surface area contributed by atoms with E-state index in [9.17, 15) is 0 Å². The predicted molar refractivity (Wildman–Crippen MR) is 73.0 cm³/mol. The molecule has 17 heavy (non-hydrogen) atoms. The number of nitrogens with two attached hydrogens (primary N) is 1. The molecular formula is C14H29N3. The number of likely N-dealkylation sites (N-methyl/N-ethyl adjacent to an activating group) is 1. The normalized spacial score (nSPS) is 21.5. The van der Waals surface area contributed by atoms with Gasteiger partial charge in [-0.2, -0.15) is 0 Å². The maximum absolute atomic E-state index is 6.17. The molecule has 0 unspecified atom stereocenters. The van der Waals surface area contributed by atoms with E-state index in [0.29, 0.717) is 5.54 Å². The van der Waals surface area contributed by atoms with Crippen molar-refractivity contribution >= 4 is 0 Å². The fourth-order valence-corrected chi connectivity index (χ4v) is 3.44. The lowest BCUT2D eigenvalue weighted by Gasteiger charge is -2.42. The Bertz CT molecular complexity index is 232. The summed E-state index contributed by atoms with van der Waals surface area (Å²) in [5.74, 6) is 1.79. The Labute approximate surface area is 106 Å². The Morgan fingerprint density at radius 2 is 1.53 bits per heavy atom. The Balaban J connectivity index is 1.90. The molecule has 0 spiro atoms. The molecule has 0 amide bonds. The van der Waals surface area contributed by atoms with E-state index in [1.165, 1.54) is 45.2 Å². The number of rotatable bonds is 8. The summed E-state index contributed by atoms with van der Waals surface area (Å²) in [4.78, 5) is 4.87. The van der Waals surface area contributed by atoms with Crippen molar-refractivity contribution in [1.29, 1.82) is 0 Å². The predicted octanol–water partition coefficient (Wildman–Crippen LogP) is 1.39. The van der Waals surface area contributed by atoms with Gasteiger partial charge < -0.3 is 10.6 Å². The van der Waals surface area contributed by atoms with Crippen molar-refractivity contribution in [2.45, 2.75) is 37.6 Å². The Kier molecular flexibility index (Phi) is 4.11. The van der Waals surface area contributed by atoms with Gasteiger partial charge in [0.15, 0.2) is 0 Å². The van der Waals surface area contributed by atoms with Crippen molar-refractivity contribution in [3.63, 3.8) is 0 Å². The van der Waals surface area contributed by atoms with E-state index >= 15 is 0 Å². The molecule has 100 valence electrons. The smallest absolute Gasteiger partial charge is 0.0384 e. The lowest BCUT2D eigenvalue weighted by Crippen LogP contribution is -2.56. The van der Waals surface area contributed by atoms with Gasteiger partial charge in [-0.3, -0.25) is 4.90 Å². The van der Waals surface area contributed by atoms with Crippen LogP contribution < -0.4 is 5.73 Å². The van der Waals surface area contributed by atoms with Gasteiger partial charge in [-0.15, -0.1) is 0 Å². The minimum atomic E-state index is 0.353. The highest BCUT2D eigenvalue weighted by Crippen LogP contribution is 2.54. The lowest BCUT2D eigenvalue weighted by molar-refractivity contribution is 0.0747. The third kappa shape index (κ3) is 2.83. The molecular weight excluding hydrogens is 210 g/mol. The van der Waals surface area contributed by atoms with Gasteiger partial charge in [0, 0.05) is 12.1 Å². The van der Waals surface area contributed by atoms with Gasteiger partial charge in [-0.1, -0.05) is 0 Å². The average molecular weight is 239 g/mol. The SMILES string of the molecule is CN(C)CCCN(C)C(CN)(C1CC1)C1CC1. The molecule has 0 bridgehead atoms. The van der Waals surface area contributed by atoms with E-state index in [1.54, 1.807) is 0 Å². The quantitative estimate of drug-likeness (QED) is 0.695. The summed E-state index contributed by atoms with van der Waals surface area (Å²) in [7, 11) is 6.61. The van der Waals surface area contributed by atoms with E-state index in [2.05, 4.69) is 30.9 Å². The van der Waals surface area contributed by atoms with Crippen LogP contribution in [-0.4, -0.2) is 56.1 Å². The molecule has 0 aromatic rings. The molecule has 0 radical (unpaired) electrons. The average Bonchev–Trinajstić information content (AvgIpc) is 3.13. The van der Waals surface area contributed by atoms with Crippen LogP contribution in [0.3, 0.4) is 0 Å². The highest BCUT2D eigenvalue weighted by Gasteiger charge is 2.55. The van der Waals surface area contributed by atoms with Crippen molar-refractivity contribution in [3.8, 4) is 0 Å². The number of hydrogen-bond acceptors (Lipinski definition) is 3. The fraction of sp³-hybridized carbons (Fsp3) is 1.00. The summed E-state index contributed by atoms with van der Waals surface area (Å²) in [5, 5.41) is 0. The zero-order chi connectivity index (χ0) is 12.5. The largest absolute Gasteiger partial charge is 0.329 e. The molecule has 2 N–H and O–H groups in total. The molecule has 2 aliphatic rings. The van der Waals surface area contributed by atoms with Crippen LogP contribution in [-0.2, 0) is 0 Å². The van der Waals surface area contributed by atoms with Gasteiger partial charge in [0.1, 0.15) is 0 Å². The summed E-state index contributed by atoms with van der Waals surface area (Å²) in [6.45, 7) is 3.24. The summed E-state index contributed by atoms with van der Waals surface area (Å²) >= 11 is 0. The summed E-state index contributed by atoms with van der Waals surface area (Å²) < 4.78 is 0. The second kappa shape index (κ2) is 5.25. The molecule has 0 heterocycles. The Morgan fingerprint density at radius 1 is 1.00 bits per heavy atom. The second-order valence-electron chi connectivity index (χ2n) is 6.32. The first-order valence-corrected chi connectivity index (χ1v) is 7.17. The van der Waals surface area contributed by atoms with E-state index in [1.807, 2.05) is 0 Å². The molecule has 0 aromatic carbocycles. The third-order valence-electron chi connectivity index (χ3n) is 4.71. The first kappa shape index (κ1) is 13.3. The third-order valence-corrected chi connectivity index (χ3v) is 4.71. The van der Waals surface area contributed by atoms with E-state index in [4.69, 9.17) is 5.73 Å². The van der Waals surface area contributed by atoms with Crippen molar-refractivity contribution in [2.24, 2.45) is 17.6 Å². The molecule has 0 saturated heterocycles. The number of nitrogens with zero attached hydrogens (tertiary/aromatic N) is 2. The zero-order valence-corrected chi connectivity index (χ0v) is 11.8. The van der Waals surface area contributed by atoms with Gasteiger partial charge >= 0.3 is 0 Å². The van der Waals surface area contributed by atoms with Gasteiger partial charge in [0.2, 0.25) is 0 Å². The van der Waals surface area contributed by atoms with E-state index < -0.39 is 0 Å². The highest BCUT2D eigenvalue weighted by molar-refractivity contribution is 5.10. The molecule has 0 aliphatic heterocycles. The summed E-state index contributed by atoms with van der Waals surface area (Å²) in [6.07, 6.45) is 6.89. The Hall–Kier alpha value is -0.120. The van der Waals surface area contributed by atoms with Crippen LogP contribution in [0.25, 0.3) is 0 Å². The topological polar surface area (TPSA) is 32.5 Å². The molecule has 3 nitrogen and oxygen atoms in total. The molecule has 2 rings (SSSR count). The van der Waals surface area contributed by atoms with Gasteiger partial charge in [-0.05, 0) is 78.2 Å². The number of hydrogen-bond donors (Lipinski definition) is 1. The van der Waals surface area contributed by atoms with E-state index in [-0.39, 0.29) is 0 Å². The maximum Gasteiger partial charge on any atom is 0.0384 e. The summed E-state index contributed by atoms with van der Waals surface area (Å²) in [6, 6.07) is 0. The first-order chi connectivity index (χ1) is 8.11. The fourth-order valence-electron chi connectivity index (χ4n) is 3.44. The standard InChI is InChI=1S/C14H29N3/c1-16(2)9-4-10-17(3)14(11-15,12-5-6-12)13-7-8-13/h12-13H,4-11,15H2,1-3H3. The molecule has 0 aromatic heterocycles. The van der Waals surface area contributed by atoms with Crippen LogP contribution in [0.15, 0.2) is 0 Å². The van der Waals surface area contributed by atoms with Crippen LogP contribution in [0, 0.1) is 11.8 Å². The lowest BCUT2D eigenvalue weighted by atomic mass is 9.85. The van der Waals surface area contributed by atoms with Crippen molar-refractivity contribution in [3.05, 3.63) is 0 Å². The van der Waals surface area contributed by atoms with Crippen LogP contribution >= 0.6 is 0 Å². The molecule has 2 saturated carbocycles. The maximum atomic E-state index is 6.17. The molecule has 3 heteroatoms. The van der Waals surface area contributed by atoms with Crippen LogP contribution in [0.5, 0.6) is 0 Å². The minimum Gasteiger partial charge on any atom is -0.329 e. The van der Waals surface area contributed by atoms with E-state index in [0.717, 1.165) is 18.4 Å². The van der Waals surface area contributed by atoms with Crippen molar-refractivity contribution in [2.75, 3.05) is 40.8 Å². The van der Waals surface area contributed by atoms with Crippen LogP contribution in [0.2, 0.25) is 0 Å². The molecule has 2 aliphatic carbocycles. The van der Waals surface area contributed by atoms with Gasteiger partial charge in [0.05, 0.1) is 0 Å². The molecule has 2 fully saturated rings. The highest BCUT2D eigenvalue weighted by atomic mass is 15.2. The summed E-state index contributed by atoms with van der Waals surface area (Å²) in [5.41, 5.74) is 6.52. The monoisotopic (exact) mass is 239 g/mol.